The molecule has 3 N–H and O–H groups in total. The van der Waals surface area contributed by atoms with Gasteiger partial charge in [0.25, 0.3) is 0 Å². The van der Waals surface area contributed by atoms with Gasteiger partial charge in [0.1, 0.15) is 0 Å². The van der Waals surface area contributed by atoms with Crippen LogP contribution in [0, 0.1) is 12.8 Å². The van der Waals surface area contributed by atoms with Crippen LogP contribution >= 0.6 is 11.8 Å². The third-order valence-electron chi connectivity index (χ3n) is 4.76. The first-order chi connectivity index (χ1) is 11.0. The van der Waals surface area contributed by atoms with Gasteiger partial charge in [0.05, 0.1) is 6.04 Å². The highest BCUT2D eigenvalue weighted by Gasteiger charge is 2.20. The van der Waals surface area contributed by atoms with Gasteiger partial charge in [-0.1, -0.05) is 32.4 Å². The van der Waals surface area contributed by atoms with Crippen LogP contribution in [0.3, 0.4) is 0 Å². The van der Waals surface area contributed by atoms with Crippen LogP contribution in [0.25, 0.3) is 0 Å². The molecule has 0 aliphatic carbocycles. The van der Waals surface area contributed by atoms with E-state index in [0.29, 0.717) is 0 Å². The number of rotatable bonds is 6. The summed E-state index contributed by atoms with van der Waals surface area (Å²) in [4.78, 5) is 14.8. The lowest BCUT2D eigenvalue weighted by molar-refractivity contribution is -0.118. The molecular formula is C18H29N3OS. The number of nitrogens with zero attached hydrogens (tertiary/aromatic N) is 1. The zero-order valence-electron chi connectivity index (χ0n) is 14.5. The summed E-state index contributed by atoms with van der Waals surface area (Å²) in [5.41, 5.74) is 9.35. The van der Waals surface area contributed by atoms with Crippen molar-refractivity contribution in [2.75, 3.05) is 29.9 Å². The Bertz CT molecular complexity index is 529. The lowest BCUT2D eigenvalue weighted by Crippen LogP contribution is -2.40. The molecule has 1 saturated heterocycles. The van der Waals surface area contributed by atoms with E-state index in [1.165, 1.54) is 17.1 Å². The van der Waals surface area contributed by atoms with Gasteiger partial charge in [-0.05, 0) is 30.0 Å². The normalized spacial score (nSPS) is 18.4. The fourth-order valence-electron chi connectivity index (χ4n) is 2.72. The summed E-state index contributed by atoms with van der Waals surface area (Å²) < 4.78 is 0. The molecule has 5 heteroatoms. The van der Waals surface area contributed by atoms with Gasteiger partial charge in [0.15, 0.2) is 0 Å². The molecule has 1 heterocycles. The number of hydrogen-bond donors (Lipinski definition) is 2. The van der Waals surface area contributed by atoms with E-state index in [0.717, 1.165) is 37.3 Å². The van der Waals surface area contributed by atoms with Crippen molar-refractivity contribution >= 4 is 23.4 Å². The van der Waals surface area contributed by atoms with Crippen LogP contribution in [0.15, 0.2) is 18.2 Å². The smallest absolute Gasteiger partial charge is 0.241 e. The van der Waals surface area contributed by atoms with E-state index in [-0.39, 0.29) is 11.8 Å². The maximum Gasteiger partial charge on any atom is 0.241 e. The highest BCUT2D eigenvalue weighted by Crippen LogP contribution is 2.22. The average Bonchev–Trinajstić information content (AvgIpc) is 2.58. The predicted octanol–water partition coefficient (Wildman–Crippen LogP) is 2.86. The molecule has 23 heavy (non-hydrogen) atoms. The number of nitrogens with one attached hydrogen (secondary N) is 1. The van der Waals surface area contributed by atoms with Gasteiger partial charge < -0.3 is 11.1 Å². The molecule has 128 valence electrons. The second kappa shape index (κ2) is 8.71. The maximum absolute atomic E-state index is 12.3. The third-order valence-corrected chi connectivity index (χ3v) is 5.70. The van der Waals surface area contributed by atoms with Crippen LogP contribution < -0.4 is 11.1 Å². The summed E-state index contributed by atoms with van der Waals surface area (Å²) in [5.74, 6) is 2.51. The molecule has 2 rings (SSSR count). The Morgan fingerprint density at radius 3 is 2.74 bits per heavy atom. The molecule has 1 amide bonds. The van der Waals surface area contributed by atoms with Crippen LogP contribution in [0.4, 0.5) is 5.69 Å². The van der Waals surface area contributed by atoms with E-state index in [1.807, 2.05) is 30.8 Å². The van der Waals surface area contributed by atoms with Crippen LogP contribution in [0.5, 0.6) is 0 Å². The largest absolute Gasteiger partial charge is 0.324 e. The fourth-order valence-corrected chi connectivity index (χ4v) is 3.70. The molecule has 0 radical (unpaired) electrons. The molecule has 0 saturated carbocycles. The van der Waals surface area contributed by atoms with E-state index < -0.39 is 6.04 Å². The van der Waals surface area contributed by atoms with Crippen molar-refractivity contribution in [3.63, 3.8) is 0 Å². The lowest BCUT2D eigenvalue weighted by Gasteiger charge is -2.27. The molecule has 1 aromatic rings. The van der Waals surface area contributed by atoms with E-state index in [4.69, 9.17) is 5.73 Å². The molecule has 1 aromatic carbocycles. The average molecular weight is 336 g/mol. The van der Waals surface area contributed by atoms with E-state index >= 15 is 0 Å². The van der Waals surface area contributed by atoms with Crippen molar-refractivity contribution in [2.45, 2.75) is 39.8 Å². The quantitative estimate of drug-likeness (QED) is 0.839. The van der Waals surface area contributed by atoms with Crippen LogP contribution in [-0.2, 0) is 11.3 Å². The van der Waals surface area contributed by atoms with Gasteiger partial charge in [-0.25, -0.2) is 0 Å². The number of hydrogen-bond acceptors (Lipinski definition) is 4. The molecule has 1 fully saturated rings. The van der Waals surface area contributed by atoms with E-state index in [2.05, 4.69) is 30.1 Å². The molecule has 1 aliphatic rings. The van der Waals surface area contributed by atoms with Gasteiger partial charge in [0, 0.05) is 36.8 Å². The summed E-state index contributed by atoms with van der Waals surface area (Å²) in [5, 5.41) is 3.02. The molecular weight excluding hydrogens is 306 g/mol. The Morgan fingerprint density at radius 2 is 2.09 bits per heavy atom. The maximum atomic E-state index is 12.3. The zero-order valence-corrected chi connectivity index (χ0v) is 15.3. The van der Waals surface area contributed by atoms with Gasteiger partial charge in [-0.2, -0.15) is 11.8 Å². The Kier molecular flexibility index (Phi) is 6.93. The first kappa shape index (κ1) is 18.3. The minimum Gasteiger partial charge on any atom is -0.324 e. The third kappa shape index (κ3) is 4.96. The number of anilines is 1. The van der Waals surface area contributed by atoms with Crippen molar-refractivity contribution in [1.82, 2.24) is 4.90 Å². The van der Waals surface area contributed by atoms with Crippen LogP contribution in [0.1, 0.15) is 31.4 Å². The summed E-state index contributed by atoms with van der Waals surface area (Å²) >= 11 is 2.02. The standard InChI is InChI=1S/C18H29N3OS/c1-4-13(2)17(19)18(22)20-16-7-5-6-15(14(16)3)12-21-8-10-23-11-9-21/h5-7,13,17H,4,8-12,19H2,1-3H3,(H,20,22). The van der Waals surface area contributed by atoms with E-state index in [9.17, 15) is 4.79 Å². The molecule has 0 aromatic heterocycles. The minimum absolute atomic E-state index is 0.0889. The SMILES string of the molecule is CCC(C)C(N)C(=O)Nc1cccc(CN2CCSCC2)c1C. The zero-order chi connectivity index (χ0) is 16.8. The highest BCUT2D eigenvalue weighted by molar-refractivity contribution is 7.99. The number of nitrogens with two attached hydrogens (primary N) is 1. The predicted molar refractivity (Wildman–Crippen MR) is 99.8 cm³/mol. The van der Waals surface area contributed by atoms with Gasteiger partial charge in [0.2, 0.25) is 5.91 Å². The second-order valence-electron chi connectivity index (χ2n) is 6.38. The number of carbonyl (C=O) groups is 1. The summed E-state index contributed by atoms with van der Waals surface area (Å²) in [6.45, 7) is 9.38. The molecule has 2 unspecified atom stereocenters. The summed E-state index contributed by atoms with van der Waals surface area (Å²) in [6, 6.07) is 5.68. The molecule has 1 aliphatic heterocycles. The molecule has 2 atom stereocenters. The molecule has 4 nitrogen and oxygen atoms in total. The number of amides is 1. The Morgan fingerprint density at radius 1 is 1.39 bits per heavy atom. The van der Waals surface area contributed by atoms with Crippen molar-refractivity contribution in [3.8, 4) is 0 Å². The first-order valence-electron chi connectivity index (χ1n) is 8.48. The topological polar surface area (TPSA) is 58.4 Å². The van der Waals surface area contributed by atoms with Crippen molar-refractivity contribution in [1.29, 1.82) is 0 Å². The minimum atomic E-state index is -0.456. The number of thioether (sulfide) groups is 1. The number of benzene rings is 1. The van der Waals surface area contributed by atoms with Gasteiger partial charge in [-0.15, -0.1) is 0 Å². The monoisotopic (exact) mass is 335 g/mol. The lowest BCUT2D eigenvalue weighted by atomic mass is 9.99. The van der Waals surface area contributed by atoms with Crippen LogP contribution in [-0.4, -0.2) is 41.4 Å². The van der Waals surface area contributed by atoms with Crippen LogP contribution in [0.2, 0.25) is 0 Å². The molecule has 0 bridgehead atoms. The Balaban J connectivity index is 2.05. The second-order valence-corrected chi connectivity index (χ2v) is 7.60. The van der Waals surface area contributed by atoms with Gasteiger partial charge >= 0.3 is 0 Å². The first-order valence-corrected chi connectivity index (χ1v) is 9.63. The van der Waals surface area contributed by atoms with Crippen molar-refractivity contribution < 1.29 is 4.79 Å². The Hall–Kier alpha value is -1.04. The summed E-state index contributed by atoms with van der Waals surface area (Å²) in [6.07, 6.45) is 0.903. The fraction of sp³-hybridized carbons (Fsp3) is 0.611. The summed E-state index contributed by atoms with van der Waals surface area (Å²) in [7, 11) is 0. The van der Waals surface area contributed by atoms with Crippen molar-refractivity contribution in [2.24, 2.45) is 11.7 Å². The Labute approximate surface area is 144 Å². The highest BCUT2D eigenvalue weighted by atomic mass is 32.2. The van der Waals surface area contributed by atoms with Gasteiger partial charge in [-0.3, -0.25) is 9.69 Å². The van der Waals surface area contributed by atoms with E-state index in [1.54, 1.807) is 0 Å². The van der Waals surface area contributed by atoms with Crippen molar-refractivity contribution in [3.05, 3.63) is 29.3 Å². The molecule has 0 spiro atoms. The number of carbonyl (C=O) groups excluding carboxylic acids is 1.